The lowest BCUT2D eigenvalue weighted by Gasteiger charge is -2.39. The highest BCUT2D eigenvalue weighted by atomic mass is 79.9. The number of fused-ring (bicyclic) bond motifs is 1. The molecule has 0 saturated carbocycles. The topological polar surface area (TPSA) is 59.5 Å². The average Bonchev–Trinajstić information content (AvgIpc) is 2.91. The van der Waals surface area contributed by atoms with Gasteiger partial charge in [0.2, 0.25) is 5.95 Å². The molecule has 0 radical (unpaired) electrons. The van der Waals surface area contributed by atoms with Crippen molar-refractivity contribution in [1.29, 1.82) is 0 Å². The molecule has 3 heterocycles. The van der Waals surface area contributed by atoms with Crippen LogP contribution in [0.4, 0.5) is 5.95 Å². The van der Waals surface area contributed by atoms with Crippen molar-refractivity contribution in [2.24, 2.45) is 5.73 Å². The Balaban J connectivity index is 1.90. The Hall–Kier alpha value is -1.14. The molecule has 1 aliphatic rings. The molecule has 0 aromatic carbocycles. The molecule has 0 amide bonds. The van der Waals surface area contributed by atoms with Crippen LogP contribution in [0.15, 0.2) is 23.1 Å². The Labute approximate surface area is 121 Å². The van der Waals surface area contributed by atoms with Gasteiger partial charge in [0, 0.05) is 37.2 Å². The minimum Gasteiger partial charge on any atom is -0.342 e. The predicted octanol–water partition coefficient (Wildman–Crippen LogP) is 2.20. The number of hydrogen-bond donors (Lipinski definition) is 1. The number of rotatable bonds is 2. The smallest absolute Gasteiger partial charge is 0.211 e. The molecule has 0 unspecified atom stereocenters. The van der Waals surface area contributed by atoms with Crippen molar-refractivity contribution < 1.29 is 0 Å². The lowest BCUT2D eigenvalue weighted by atomic mass is 9.86. The van der Waals surface area contributed by atoms with Crippen LogP contribution in [0.5, 0.6) is 0 Å². The minimum absolute atomic E-state index is 0.0000821. The third-order valence-corrected chi connectivity index (χ3v) is 4.67. The van der Waals surface area contributed by atoms with E-state index in [4.69, 9.17) is 5.73 Å². The summed E-state index contributed by atoms with van der Waals surface area (Å²) in [6.07, 6.45) is 8.63. The summed E-state index contributed by atoms with van der Waals surface area (Å²) in [5, 5.41) is 0. The van der Waals surface area contributed by atoms with Crippen molar-refractivity contribution in [3.63, 3.8) is 0 Å². The van der Waals surface area contributed by atoms with Crippen molar-refractivity contribution in [2.45, 2.75) is 31.7 Å². The third-order valence-electron chi connectivity index (χ3n) is 4.11. The van der Waals surface area contributed by atoms with Gasteiger partial charge in [-0.15, -0.1) is 0 Å². The number of imidazole rings is 1. The van der Waals surface area contributed by atoms with Crippen LogP contribution in [0.3, 0.4) is 0 Å². The first-order valence-corrected chi connectivity index (χ1v) is 7.44. The van der Waals surface area contributed by atoms with Gasteiger partial charge in [0.25, 0.3) is 0 Å². The Morgan fingerprint density at radius 2 is 2.11 bits per heavy atom. The van der Waals surface area contributed by atoms with E-state index in [1.165, 1.54) is 0 Å². The molecule has 1 saturated heterocycles. The first kappa shape index (κ1) is 12.9. The van der Waals surface area contributed by atoms with Crippen LogP contribution < -0.4 is 10.6 Å². The van der Waals surface area contributed by atoms with Crippen molar-refractivity contribution in [1.82, 2.24) is 14.4 Å². The number of aromatic nitrogens is 3. The summed E-state index contributed by atoms with van der Waals surface area (Å²) in [5.74, 6) is 0.953. The van der Waals surface area contributed by atoms with Crippen molar-refractivity contribution in [3.05, 3.63) is 23.1 Å². The van der Waals surface area contributed by atoms with E-state index >= 15 is 0 Å². The Morgan fingerprint density at radius 1 is 1.37 bits per heavy atom. The van der Waals surface area contributed by atoms with E-state index < -0.39 is 0 Å². The lowest BCUT2D eigenvalue weighted by Crippen LogP contribution is -2.50. The predicted molar refractivity (Wildman–Crippen MR) is 79.3 cm³/mol. The molecule has 1 aliphatic heterocycles. The minimum atomic E-state index is -0.0000821. The summed E-state index contributed by atoms with van der Waals surface area (Å²) < 4.78 is 2.94. The van der Waals surface area contributed by atoms with Gasteiger partial charge in [-0.25, -0.2) is 9.97 Å². The Morgan fingerprint density at radius 3 is 2.79 bits per heavy atom. The molecule has 19 heavy (non-hydrogen) atoms. The van der Waals surface area contributed by atoms with Crippen LogP contribution in [-0.2, 0) is 0 Å². The van der Waals surface area contributed by atoms with E-state index in [1.54, 1.807) is 6.20 Å². The van der Waals surface area contributed by atoms with Gasteiger partial charge in [0.05, 0.1) is 4.47 Å². The Kier molecular flexibility index (Phi) is 3.22. The highest BCUT2D eigenvalue weighted by Gasteiger charge is 2.30. The van der Waals surface area contributed by atoms with Gasteiger partial charge in [-0.2, -0.15) is 0 Å². The number of hydrogen-bond acceptors (Lipinski definition) is 4. The summed E-state index contributed by atoms with van der Waals surface area (Å²) in [5.41, 5.74) is 7.25. The van der Waals surface area contributed by atoms with E-state index in [-0.39, 0.29) is 5.54 Å². The monoisotopic (exact) mass is 323 g/mol. The van der Waals surface area contributed by atoms with Gasteiger partial charge in [-0.1, -0.05) is 6.92 Å². The molecule has 0 atom stereocenters. The molecule has 2 N–H and O–H groups in total. The molecule has 1 fully saturated rings. The van der Waals surface area contributed by atoms with Crippen LogP contribution in [0.25, 0.3) is 5.65 Å². The average molecular weight is 324 g/mol. The maximum absolute atomic E-state index is 6.34. The molecule has 0 bridgehead atoms. The quantitative estimate of drug-likeness (QED) is 0.920. The molecular weight excluding hydrogens is 306 g/mol. The maximum Gasteiger partial charge on any atom is 0.211 e. The van der Waals surface area contributed by atoms with Crippen LogP contribution in [0, 0.1) is 0 Å². The van der Waals surface area contributed by atoms with Crippen molar-refractivity contribution in [2.75, 3.05) is 18.0 Å². The van der Waals surface area contributed by atoms with Gasteiger partial charge in [-0.05, 0) is 35.2 Å². The largest absolute Gasteiger partial charge is 0.342 e. The molecule has 0 spiro atoms. The number of piperidine rings is 1. The summed E-state index contributed by atoms with van der Waals surface area (Å²) in [4.78, 5) is 11.2. The first-order valence-electron chi connectivity index (χ1n) is 6.64. The highest BCUT2D eigenvalue weighted by molar-refractivity contribution is 9.10. The van der Waals surface area contributed by atoms with Crippen molar-refractivity contribution in [3.8, 4) is 0 Å². The van der Waals surface area contributed by atoms with Crippen LogP contribution in [0.1, 0.15) is 26.2 Å². The second-order valence-electron chi connectivity index (χ2n) is 5.23. The zero-order chi connectivity index (χ0) is 13.5. The van der Waals surface area contributed by atoms with E-state index in [2.05, 4.69) is 37.7 Å². The zero-order valence-electron chi connectivity index (χ0n) is 11.0. The fourth-order valence-electron chi connectivity index (χ4n) is 2.62. The van der Waals surface area contributed by atoms with Gasteiger partial charge < -0.3 is 10.6 Å². The fourth-order valence-corrected chi connectivity index (χ4v) is 3.01. The number of anilines is 1. The normalized spacial score (nSPS) is 19.0. The molecule has 5 nitrogen and oxygen atoms in total. The zero-order valence-corrected chi connectivity index (χ0v) is 12.6. The second-order valence-corrected chi connectivity index (χ2v) is 6.08. The summed E-state index contributed by atoms with van der Waals surface area (Å²) in [7, 11) is 0. The molecule has 2 aromatic heterocycles. The summed E-state index contributed by atoms with van der Waals surface area (Å²) in [6.45, 7) is 4.07. The van der Waals surface area contributed by atoms with Crippen LogP contribution in [-0.4, -0.2) is 33.0 Å². The third kappa shape index (κ3) is 2.23. The number of nitrogens with zero attached hydrogens (tertiary/aromatic N) is 4. The number of nitrogens with two attached hydrogens (primary N) is 1. The van der Waals surface area contributed by atoms with Crippen molar-refractivity contribution >= 4 is 27.5 Å². The standard InChI is InChI=1S/C13H18BrN5/c1-2-13(15)3-6-18(7-4-13)12-17-9-10(14)11-16-5-8-19(11)12/h5,8-9H,2-4,6-7,15H2,1H3. The second kappa shape index (κ2) is 4.76. The van der Waals surface area contributed by atoms with E-state index in [1.807, 2.05) is 16.8 Å². The fraction of sp³-hybridized carbons (Fsp3) is 0.538. The maximum atomic E-state index is 6.34. The van der Waals surface area contributed by atoms with Gasteiger partial charge in [0.15, 0.2) is 5.65 Å². The van der Waals surface area contributed by atoms with E-state index in [9.17, 15) is 0 Å². The Bertz CT molecular complexity index is 586. The summed E-state index contributed by atoms with van der Waals surface area (Å²) in [6, 6.07) is 0. The van der Waals surface area contributed by atoms with Crippen LogP contribution >= 0.6 is 15.9 Å². The highest BCUT2D eigenvalue weighted by Crippen LogP contribution is 2.27. The molecule has 2 aromatic rings. The molecule has 3 rings (SSSR count). The van der Waals surface area contributed by atoms with E-state index in [0.29, 0.717) is 0 Å². The van der Waals surface area contributed by atoms with Crippen LogP contribution in [0.2, 0.25) is 0 Å². The van der Waals surface area contributed by atoms with Gasteiger partial charge in [0.1, 0.15) is 0 Å². The molecular formula is C13H18BrN5. The van der Waals surface area contributed by atoms with Gasteiger partial charge in [-0.3, -0.25) is 4.40 Å². The molecule has 0 aliphatic carbocycles. The summed E-state index contributed by atoms with van der Waals surface area (Å²) >= 11 is 3.48. The van der Waals surface area contributed by atoms with E-state index in [0.717, 1.165) is 48.4 Å². The molecule has 6 heteroatoms. The molecule has 102 valence electrons. The first-order chi connectivity index (χ1) is 9.13. The number of halogens is 1. The SMILES string of the molecule is CCC1(N)CCN(c2ncc(Br)c3nccn23)CC1. The lowest BCUT2D eigenvalue weighted by molar-refractivity contribution is 0.321. The van der Waals surface area contributed by atoms with Gasteiger partial charge >= 0.3 is 0 Å².